The number of para-hydroxylation sites is 1. The Labute approximate surface area is 199 Å². The molecule has 0 radical (unpaired) electrons. The second-order valence-electron chi connectivity index (χ2n) is 7.64. The number of hydrogen-bond acceptors (Lipinski definition) is 6. The number of carbonyl (C=O) groups excluding carboxylic acids is 1. The molecule has 2 aromatic heterocycles. The average molecular weight is 497 g/mol. The van der Waals surface area contributed by atoms with Gasteiger partial charge in [0.2, 0.25) is 0 Å². The van der Waals surface area contributed by atoms with Crippen LogP contribution in [0.15, 0.2) is 70.0 Å². The van der Waals surface area contributed by atoms with Crippen LogP contribution in [0.2, 0.25) is 0 Å². The van der Waals surface area contributed by atoms with Crippen molar-refractivity contribution in [3.8, 4) is 9.88 Å². The molecule has 3 heterocycles. The normalized spacial score (nSPS) is 15.4. The first-order chi connectivity index (χ1) is 15.9. The van der Waals surface area contributed by atoms with E-state index in [1.807, 2.05) is 42.3 Å². The number of benzene rings is 2. The van der Waals surface area contributed by atoms with Crippen molar-refractivity contribution in [1.29, 1.82) is 0 Å². The number of sulfonamides is 1. The van der Waals surface area contributed by atoms with Gasteiger partial charge in [-0.15, -0.1) is 27.1 Å². The number of fused-ring (bicyclic) bond motifs is 1. The molecule has 0 aliphatic carbocycles. The number of aromatic nitrogens is 1. The summed E-state index contributed by atoms with van der Waals surface area (Å²) in [5, 5.41) is 3.70. The molecule has 4 aromatic rings. The van der Waals surface area contributed by atoms with E-state index in [0.29, 0.717) is 22.8 Å². The van der Waals surface area contributed by atoms with Crippen LogP contribution in [0.25, 0.3) is 20.1 Å². The van der Waals surface area contributed by atoms with E-state index in [1.54, 1.807) is 29.5 Å². The molecule has 1 N–H and O–H groups in total. The summed E-state index contributed by atoms with van der Waals surface area (Å²) in [5.74, 6) is 0.324. The van der Waals surface area contributed by atoms with E-state index in [2.05, 4.69) is 14.7 Å². The molecule has 1 amide bonds. The van der Waals surface area contributed by atoms with Crippen LogP contribution in [0.4, 0.5) is 5.69 Å². The van der Waals surface area contributed by atoms with Gasteiger partial charge in [-0.05, 0) is 55.0 Å². The molecule has 0 unspecified atom stereocenters. The maximum Gasteiger partial charge on any atom is 0.283 e. The summed E-state index contributed by atoms with van der Waals surface area (Å²) in [7, 11) is -1.94. The number of amidine groups is 1. The first kappa shape index (κ1) is 21.7. The molecule has 0 bridgehead atoms. The van der Waals surface area contributed by atoms with Crippen LogP contribution < -0.4 is 5.32 Å². The fourth-order valence-electron chi connectivity index (χ4n) is 3.56. The van der Waals surface area contributed by atoms with Crippen molar-refractivity contribution >= 4 is 60.3 Å². The Morgan fingerprint density at radius 3 is 2.58 bits per heavy atom. The van der Waals surface area contributed by atoms with Crippen molar-refractivity contribution in [2.45, 2.75) is 17.7 Å². The molecular formula is C23H20N4O3S3. The molecule has 0 atom stereocenters. The van der Waals surface area contributed by atoms with Gasteiger partial charge < -0.3 is 10.2 Å². The Balaban J connectivity index is 1.29. The van der Waals surface area contributed by atoms with Crippen LogP contribution >= 0.6 is 22.7 Å². The largest absolute Gasteiger partial charge is 0.362 e. The van der Waals surface area contributed by atoms with E-state index in [4.69, 9.17) is 0 Å². The lowest BCUT2D eigenvalue weighted by Crippen LogP contribution is -2.20. The standard InChI is InChI=1S/C23H20N4O3S3/c1-27-14-4-7-21(27)26-33(29,30)16-10-8-15(9-11-16)24-22(28)19-12-13-20(31-19)23-25-17-5-2-3-6-18(17)32-23/h2-3,5-6,8-13H,4,7,14H2,1H3,(H,24,28)/b26-21+. The number of thiazole rings is 1. The minimum atomic E-state index is -3.78. The number of rotatable bonds is 5. The number of nitrogens with one attached hydrogen (secondary N) is 1. The lowest BCUT2D eigenvalue weighted by molar-refractivity contribution is 0.103. The monoisotopic (exact) mass is 496 g/mol. The van der Waals surface area contributed by atoms with Crippen LogP contribution in [-0.4, -0.2) is 43.6 Å². The number of carbonyl (C=O) groups is 1. The van der Waals surface area contributed by atoms with Crippen molar-refractivity contribution < 1.29 is 13.2 Å². The van der Waals surface area contributed by atoms with Crippen LogP contribution in [-0.2, 0) is 10.0 Å². The predicted octanol–water partition coefficient (Wildman–Crippen LogP) is 5.09. The van der Waals surface area contributed by atoms with Crippen LogP contribution in [0.1, 0.15) is 22.5 Å². The lowest BCUT2D eigenvalue weighted by atomic mass is 10.3. The molecule has 7 nitrogen and oxygen atoms in total. The smallest absolute Gasteiger partial charge is 0.283 e. The second-order valence-corrected chi connectivity index (χ2v) is 11.4. The summed E-state index contributed by atoms with van der Waals surface area (Å²) < 4.78 is 30.2. The minimum Gasteiger partial charge on any atom is -0.362 e. The van der Waals surface area contributed by atoms with Gasteiger partial charge in [-0.2, -0.15) is 8.42 Å². The third kappa shape index (κ3) is 4.54. The number of nitrogens with zero attached hydrogens (tertiary/aromatic N) is 3. The molecular weight excluding hydrogens is 476 g/mol. The number of anilines is 1. The number of hydrogen-bond donors (Lipinski definition) is 1. The average Bonchev–Trinajstić information content (AvgIpc) is 3.53. The summed E-state index contributed by atoms with van der Waals surface area (Å²) >= 11 is 2.96. The van der Waals surface area contributed by atoms with Crippen LogP contribution in [0.5, 0.6) is 0 Å². The van der Waals surface area contributed by atoms with E-state index in [-0.39, 0.29) is 10.8 Å². The molecule has 0 spiro atoms. The van der Waals surface area contributed by atoms with Crippen molar-refractivity contribution in [1.82, 2.24) is 9.88 Å². The Kier molecular flexibility index (Phi) is 5.73. The highest BCUT2D eigenvalue weighted by Crippen LogP contribution is 2.34. The maximum absolute atomic E-state index is 12.7. The molecule has 1 aliphatic rings. The van der Waals surface area contributed by atoms with E-state index in [1.165, 1.54) is 23.5 Å². The third-order valence-electron chi connectivity index (χ3n) is 5.30. The van der Waals surface area contributed by atoms with Gasteiger partial charge in [0.1, 0.15) is 10.8 Å². The van der Waals surface area contributed by atoms with Gasteiger partial charge in [-0.3, -0.25) is 4.79 Å². The number of likely N-dealkylation sites (tertiary alicyclic amines) is 1. The highest BCUT2D eigenvalue weighted by molar-refractivity contribution is 7.90. The van der Waals surface area contributed by atoms with Crippen LogP contribution in [0.3, 0.4) is 0 Å². The van der Waals surface area contributed by atoms with Gasteiger partial charge in [-0.25, -0.2) is 4.98 Å². The Morgan fingerprint density at radius 2 is 1.85 bits per heavy atom. The predicted molar refractivity (Wildman–Crippen MR) is 134 cm³/mol. The van der Waals surface area contributed by atoms with E-state index in [9.17, 15) is 13.2 Å². The highest BCUT2D eigenvalue weighted by atomic mass is 32.2. The fourth-order valence-corrected chi connectivity index (χ4v) is 6.57. The van der Waals surface area contributed by atoms with Gasteiger partial charge in [0.25, 0.3) is 15.9 Å². The van der Waals surface area contributed by atoms with Gasteiger partial charge >= 0.3 is 0 Å². The molecule has 2 aromatic carbocycles. The van der Waals surface area contributed by atoms with Gasteiger partial charge in [0, 0.05) is 25.7 Å². The van der Waals surface area contributed by atoms with E-state index >= 15 is 0 Å². The summed E-state index contributed by atoms with van der Waals surface area (Å²) in [5.41, 5.74) is 1.45. The Hall–Kier alpha value is -3.08. The molecule has 33 heavy (non-hydrogen) atoms. The van der Waals surface area contributed by atoms with Gasteiger partial charge in [0.15, 0.2) is 0 Å². The minimum absolute atomic E-state index is 0.0996. The molecule has 10 heteroatoms. The maximum atomic E-state index is 12.7. The van der Waals surface area contributed by atoms with Gasteiger partial charge in [0.05, 0.1) is 24.9 Å². The highest BCUT2D eigenvalue weighted by Gasteiger charge is 2.20. The first-order valence-electron chi connectivity index (χ1n) is 10.3. The summed E-state index contributed by atoms with van der Waals surface area (Å²) in [4.78, 5) is 20.8. The lowest BCUT2D eigenvalue weighted by Gasteiger charge is -2.11. The molecule has 5 rings (SSSR count). The Bertz CT molecular complexity index is 1440. The summed E-state index contributed by atoms with van der Waals surface area (Å²) in [6.45, 7) is 0.808. The SMILES string of the molecule is CN1CCC/C1=N\S(=O)(=O)c1ccc(NC(=O)c2ccc(-c3nc4ccccc4s3)s2)cc1. The Morgan fingerprint density at radius 1 is 1.06 bits per heavy atom. The number of thiophene rings is 1. The van der Waals surface area contributed by atoms with Crippen LogP contribution in [0, 0.1) is 0 Å². The summed E-state index contributed by atoms with van der Waals surface area (Å²) in [6, 6.07) is 17.7. The van der Waals surface area contributed by atoms with Crippen molar-refractivity contribution in [2.75, 3.05) is 18.9 Å². The zero-order valence-corrected chi connectivity index (χ0v) is 20.1. The van der Waals surface area contributed by atoms with Crippen molar-refractivity contribution in [2.24, 2.45) is 4.40 Å². The van der Waals surface area contributed by atoms with Gasteiger partial charge in [-0.1, -0.05) is 12.1 Å². The van der Waals surface area contributed by atoms with Crippen molar-refractivity contribution in [3.05, 3.63) is 65.5 Å². The van der Waals surface area contributed by atoms with E-state index in [0.717, 1.165) is 33.1 Å². The molecule has 1 fully saturated rings. The zero-order valence-electron chi connectivity index (χ0n) is 17.7. The molecule has 0 saturated carbocycles. The first-order valence-corrected chi connectivity index (χ1v) is 13.4. The fraction of sp³-hybridized carbons (Fsp3) is 0.174. The summed E-state index contributed by atoms with van der Waals surface area (Å²) in [6.07, 6.45) is 1.56. The second kappa shape index (κ2) is 8.69. The zero-order chi connectivity index (χ0) is 23.0. The molecule has 168 valence electrons. The van der Waals surface area contributed by atoms with E-state index < -0.39 is 10.0 Å². The van der Waals surface area contributed by atoms with Crippen molar-refractivity contribution in [3.63, 3.8) is 0 Å². The quantitative estimate of drug-likeness (QED) is 0.416. The third-order valence-corrected chi connectivity index (χ3v) is 8.91. The topological polar surface area (TPSA) is 91.7 Å². The molecule has 1 aliphatic heterocycles. The molecule has 1 saturated heterocycles. The number of amides is 1.